The Labute approximate surface area is 96.2 Å². The van der Waals surface area contributed by atoms with Crippen LogP contribution in [0.1, 0.15) is 26.3 Å². The van der Waals surface area contributed by atoms with Crippen LogP contribution in [0, 0.1) is 0 Å². The van der Waals surface area contributed by atoms with E-state index in [0.29, 0.717) is 0 Å². The van der Waals surface area contributed by atoms with Gasteiger partial charge in [-0.15, -0.1) is 0 Å². The van der Waals surface area contributed by atoms with Gasteiger partial charge >= 0.3 is 0 Å². The van der Waals surface area contributed by atoms with E-state index in [2.05, 4.69) is 20.8 Å². The maximum absolute atomic E-state index is 5.97. The van der Waals surface area contributed by atoms with Gasteiger partial charge in [-0.3, -0.25) is 0 Å². The van der Waals surface area contributed by atoms with Crippen LogP contribution < -0.4 is 4.74 Å². The van der Waals surface area contributed by atoms with Crippen molar-refractivity contribution in [1.29, 1.82) is 0 Å². The summed E-state index contributed by atoms with van der Waals surface area (Å²) in [6.07, 6.45) is 0. The van der Waals surface area contributed by atoms with E-state index in [1.807, 2.05) is 18.2 Å². The van der Waals surface area contributed by atoms with Gasteiger partial charge in [-0.1, -0.05) is 32.4 Å². The fourth-order valence-electron chi connectivity index (χ4n) is 1.34. The summed E-state index contributed by atoms with van der Waals surface area (Å²) in [5.74, 6) is 0.828. The molecule has 1 rings (SSSR count). The molecule has 1 aromatic carbocycles. The highest BCUT2D eigenvalue weighted by atomic mass is 35.5. The van der Waals surface area contributed by atoms with E-state index in [-0.39, 0.29) is 12.2 Å². The number of halogens is 1. The SMILES string of the molecule is COCOc1ccc(Cl)cc1C(C)(C)C. The van der Waals surface area contributed by atoms with Gasteiger partial charge in [0.05, 0.1) is 0 Å². The molecule has 0 spiro atoms. The molecular weight excluding hydrogens is 212 g/mol. The minimum atomic E-state index is 0.00791. The van der Waals surface area contributed by atoms with E-state index < -0.39 is 0 Å². The third-order valence-electron chi connectivity index (χ3n) is 2.08. The molecule has 0 saturated carbocycles. The average Bonchev–Trinajstić information content (AvgIpc) is 2.14. The predicted molar refractivity (Wildman–Crippen MR) is 62.7 cm³/mol. The summed E-state index contributed by atoms with van der Waals surface area (Å²) in [5.41, 5.74) is 1.10. The number of benzene rings is 1. The van der Waals surface area contributed by atoms with Crippen molar-refractivity contribution >= 4 is 11.6 Å². The third-order valence-corrected chi connectivity index (χ3v) is 2.32. The van der Waals surface area contributed by atoms with E-state index in [1.165, 1.54) is 0 Å². The Hall–Kier alpha value is -0.730. The number of hydrogen-bond acceptors (Lipinski definition) is 2. The van der Waals surface area contributed by atoms with Crippen LogP contribution in [0.4, 0.5) is 0 Å². The summed E-state index contributed by atoms with van der Waals surface area (Å²) in [6.45, 7) is 6.62. The maximum atomic E-state index is 5.97. The van der Waals surface area contributed by atoms with Crippen molar-refractivity contribution in [2.45, 2.75) is 26.2 Å². The highest BCUT2D eigenvalue weighted by Gasteiger charge is 2.19. The largest absolute Gasteiger partial charge is 0.467 e. The second-order valence-corrected chi connectivity index (χ2v) is 4.88. The van der Waals surface area contributed by atoms with Gasteiger partial charge in [-0.05, 0) is 23.6 Å². The lowest BCUT2D eigenvalue weighted by molar-refractivity contribution is 0.0498. The first-order chi connectivity index (χ1) is 6.95. The van der Waals surface area contributed by atoms with Crippen molar-refractivity contribution in [3.05, 3.63) is 28.8 Å². The van der Waals surface area contributed by atoms with Crippen molar-refractivity contribution < 1.29 is 9.47 Å². The molecular formula is C12H17ClO2. The van der Waals surface area contributed by atoms with Gasteiger partial charge in [0, 0.05) is 17.7 Å². The van der Waals surface area contributed by atoms with Crippen LogP contribution in [0.2, 0.25) is 5.02 Å². The highest BCUT2D eigenvalue weighted by molar-refractivity contribution is 6.30. The Kier molecular flexibility index (Phi) is 4.00. The molecule has 0 aliphatic rings. The van der Waals surface area contributed by atoms with Crippen molar-refractivity contribution in [2.75, 3.05) is 13.9 Å². The standard InChI is InChI=1S/C12H17ClO2/c1-12(2,3)10-7-9(13)5-6-11(10)15-8-14-4/h5-7H,8H2,1-4H3. The quantitative estimate of drug-likeness (QED) is 0.736. The predicted octanol–water partition coefficient (Wildman–Crippen LogP) is 3.62. The third kappa shape index (κ3) is 3.40. The van der Waals surface area contributed by atoms with Crippen LogP contribution in [-0.2, 0) is 10.2 Å². The number of rotatable bonds is 3. The van der Waals surface area contributed by atoms with Crippen LogP contribution in [0.3, 0.4) is 0 Å². The molecule has 0 atom stereocenters. The van der Waals surface area contributed by atoms with Crippen LogP contribution in [0.25, 0.3) is 0 Å². The Morgan fingerprint density at radius 3 is 2.47 bits per heavy atom. The topological polar surface area (TPSA) is 18.5 Å². The van der Waals surface area contributed by atoms with Crippen molar-refractivity contribution in [2.24, 2.45) is 0 Å². The Bertz CT molecular complexity index is 329. The van der Waals surface area contributed by atoms with E-state index >= 15 is 0 Å². The molecule has 0 bridgehead atoms. The first-order valence-electron chi connectivity index (χ1n) is 4.87. The second kappa shape index (κ2) is 4.86. The molecule has 1 aromatic rings. The zero-order valence-corrected chi connectivity index (χ0v) is 10.4. The van der Waals surface area contributed by atoms with E-state index in [4.69, 9.17) is 21.1 Å². The van der Waals surface area contributed by atoms with Crippen molar-refractivity contribution in [3.63, 3.8) is 0 Å². The van der Waals surface area contributed by atoms with Gasteiger partial charge in [0.2, 0.25) is 0 Å². The van der Waals surface area contributed by atoms with Crippen LogP contribution >= 0.6 is 11.6 Å². The minimum absolute atomic E-state index is 0.00791. The molecule has 0 unspecified atom stereocenters. The Morgan fingerprint density at radius 2 is 1.93 bits per heavy atom. The molecule has 0 aliphatic heterocycles. The summed E-state index contributed by atoms with van der Waals surface area (Å²) in [5, 5.41) is 0.727. The summed E-state index contributed by atoms with van der Waals surface area (Å²) in [7, 11) is 1.60. The fraction of sp³-hybridized carbons (Fsp3) is 0.500. The zero-order chi connectivity index (χ0) is 11.5. The fourth-order valence-corrected chi connectivity index (χ4v) is 1.51. The second-order valence-electron chi connectivity index (χ2n) is 4.44. The van der Waals surface area contributed by atoms with Gasteiger partial charge < -0.3 is 9.47 Å². The molecule has 0 saturated heterocycles. The molecule has 0 N–H and O–H groups in total. The normalized spacial score (nSPS) is 11.5. The molecule has 2 nitrogen and oxygen atoms in total. The first kappa shape index (κ1) is 12.3. The van der Waals surface area contributed by atoms with Gasteiger partial charge in [0.1, 0.15) is 5.75 Å². The number of ether oxygens (including phenoxy) is 2. The van der Waals surface area contributed by atoms with Crippen molar-refractivity contribution in [1.82, 2.24) is 0 Å². The average molecular weight is 229 g/mol. The molecule has 0 aliphatic carbocycles. The lowest BCUT2D eigenvalue weighted by atomic mass is 9.86. The molecule has 0 heterocycles. The number of methoxy groups -OCH3 is 1. The Balaban J connectivity index is 3.04. The molecule has 3 heteroatoms. The summed E-state index contributed by atoms with van der Waals surface area (Å²) >= 11 is 5.97. The zero-order valence-electron chi connectivity index (χ0n) is 9.63. The van der Waals surface area contributed by atoms with Crippen LogP contribution in [0.15, 0.2) is 18.2 Å². The van der Waals surface area contributed by atoms with E-state index in [1.54, 1.807) is 7.11 Å². The maximum Gasteiger partial charge on any atom is 0.188 e. The Morgan fingerprint density at radius 1 is 1.27 bits per heavy atom. The molecule has 0 aromatic heterocycles. The molecule has 0 radical (unpaired) electrons. The van der Waals surface area contributed by atoms with Crippen LogP contribution in [0.5, 0.6) is 5.75 Å². The lowest BCUT2D eigenvalue weighted by Crippen LogP contribution is -2.14. The van der Waals surface area contributed by atoms with Gasteiger partial charge in [0.25, 0.3) is 0 Å². The molecule has 84 valence electrons. The summed E-state index contributed by atoms with van der Waals surface area (Å²) in [4.78, 5) is 0. The summed E-state index contributed by atoms with van der Waals surface area (Å²) < 4.78 is 10.4. The van der Waals surface area contributed by atoms with Crippen LogP contribution in [-0.4, -0.2) is 13.9 Å². The highest BCUT2D eigenvalue weighted by Crippen LogP contribution is 2.33. The van der Waals surface area contributed by atoms with Gasteiger partial charge in [-0.25, -0.2) is 0 Å². The smallest absolute Gasteiger partial charge is 0.188 e. The monoisotopic (exact) mass is 228 g/mol. The van der Waals surface area contributed by atoms with E-state index in [9.17, 15) is 0 Å². The van der Waals surface area contributed by atoms with E-state index in [0.717, 1.165) is 16.3 Å². The van der Waals surface area contributed by atoms with Gasteiger partial charge in [-0.2, -0.15) is 0 Å². The molecule has 15 heavy (non-hydrogen) atoms. The lowest BCUT2D eigenvalue weighted by Gasteiger charge is -2.22. The summed E-state index contributed by atoms with van der Waals surface area (Å²) in [6, 6.07) is 5.64. The molecule has 0 amide bonds. The van der Waals surface area contributed by atoms with Crippen molar-refractivity contribution in [3.8, 4) is 5.75 Å². The van der Waals surface area contributed by atoms with Gasteiger partial charge in [0.15, 0.2) is 6.79 Å². The minimum Gasteiger partial charge on any atom is -0.467 e. The number of hydrogen-bond donors (Lipinski definition) is 0. The first-order valence-corrected chi connectivity index (χ1v) is 5.24. The molecule has 0 fully saturated rings.